The number of hydrogen-bond acceptors (Lipinski definition) is 4. The van der Waals surface area contributed by atoms with E-state index in [0.717, 1.165) is 0 Å². The molecule has 1 aromatic heterocycles. The predicted octanol–water partition coefficient (Wildman–Crippen LogP) is 0.916. The molecule has 0 aliphatic heterocycles. The molecule has 0 unspecified atom stereocenters. The highest BCUT2D eigenvalue weighted by atomic mass is 16.5. The number of hydrogen-bond donors (Lipinski definition) is 3. The first-order valence-electron chi connectivity index (χ1n) is 5.96. The molecular formula is C13H14N4O3. The minimum absolute atomic E-state index is 0.166. The Bertz CT molecular complexity index is 578. The van der Waals surface area contributed by atoms with E-state index in [4.69, 9.17) is 10.5 Å². The molecule has 0 radical (unpaired) electrons. The van der Waals surface area contributed by atoms with Crippen molar-refractivity contribution in [3.63, 3.8) is 0 Å². The zero-order chi connectivity index (χ0) is 14.4. The average molecular weight is 274 g/mol. The maximum atomic E-state index is 11.8. The van der Waals surface area contributed by atoms with E-state index in [1.807, 2.05) is 0 Å². The third kappa shape index (κ3) is 3.84. The molecule has 7 heteroatoms. The van der Waals surface area contributed by atoms with Gasteiger partial charge in [0.2, 0.25) is 5.91 Å². The molecule has 0 saturated carbocycles. The Balaban J connectivity index is 1.88. The largest absolute Gasteiger partial charge is 0.493 e. The first-order valence-corrected chi connectivity index (χ1v) is 5.96. The number of nitrogens with zero attached hydrogens (tertiary/aromatic N) is 1. The third-order valence-electron chi connectivity index (χ3n) is 2.49. The van der Waals surface area contributed by atoms with Crippen LogP contribution in [0.1, 0.15) is 16.8 Å². The molecule has 7 nitrogen and oxygen atoms in total. The lowest BCUT2D eigenvalue weighted by molar-refractivity contribution is -0.118. The summed E-state index contributed by atoms with van der Waals surface area (Å²) in [6.07, 6.45) is 3.12. The number of ether oxygens (including phenoxy) is 1. The van der Waals surface area contributed by atoms with E-state index in [2.05, 4.69) is 15.5 Å². The van der Waals surface area contributed by atoms with E-state index in [1.54, 1.807) is 24.3 Å². The third-order valence-corrected chi connectivity index (χ3v) is 2.49. The van der Waals surface area contributed by atoms with Crippen LogP contribution in [0.3, 0.4) is 0 Å². The summed E-state index contributed by atoms with van der Waals surface area (Å²) in [6.45, 7) is 0.232. The lowest BCUT2D eigenvalue weighted by Crippen LogP contribution is -2.14. The topological polar surface area (TPSA) is 110 Å². The van der Waals surface area contributed by atoms with Gasteiger partial charge in [-0.25, -0.2) is 0 Å². The molecular weight excluding hydrogens is 260 g/mol. The van der Waals surface area contributed by atoms with Crippen molar-refractivity contribution in [1.29, 1.82) is 0 Å². The normalized spacial score (nSPS) is 10.0. The molecule has 1 aromatic carbocycles. The SMILES string of the molecule is NC(=O)CCOc1ccc(NC(=O)c2cn[nH]c2)cc1. The van der Waals surface area contributed by atoms with Crippen molar-refractivity contribution in [2.75, 3.05) is 11.9 Å². The Hall–Kier alpha value is -2.83. The van der Waals surface area contributed by atoms with Crippen LogP contribution >= 0.6 is 0 Å². The molecule has 2 aromatic rings. The van der Waals surface area contributed by atoms with Crippen LogP contribution < -0.4 is 15.8 Å². The number of primary amides is 1. The number of H-pyrrole nitrogens is 1. The van der Waals surface area contributed by atoms with E-state index in [0.29, 0.717) is 17.0 Å². The summed E-state index contributed by atoms with van der Waals surface area (Å²) in [5, 5.41) is 8.99. The van der Waals surface area contributed by atoms with E-state index in [9.17, 15) is 9.59 Å². The fourth-order valence-corrected chi connectivity index (χ4v) is 1.48. The molecule has 4 N–H and O–H groups in total. The lowest BCUT2D eigenvalue weighted by atomic mass is 10.2. The highest BCUT2D eigenvalue weighted by Gasteiger charge is 2.06. The van der Waals surface area contributed by atoms with Gasteiger partial charge in [0.25, 0.3) is 5.91 Å². The minimum Gasteiger partial charge on any atom is -0.493 e. The monoisotopic (exact) mass is 274 g/mol. The molecule has 2 rings (SSSR count). The van der Waals surface area contributed by atoms with Gasteiger partial charge >= 0.3 is 0 Å². The van der Waals surface area contributed by atoms with Gasteiger partial charge in [-0.2, -0.15) is 5.10 Å². The second-order valence-corrected chi connectivity index (χ2v) is 4.03. The Morgan fingerprint density at radius 3 is 2.65 bits per heavy atom. The standard InChI is InChI=1S/C13H14N4O3/c14-12(18)5-6-20-11-3-1-10(2-4-11)17-13(19)9-7-15-16-8-9/h1-4,7-8H,5-6H2,(H2,14,18)(H,15,16)(H,17,19). The summed E-state index contributed by atoms with van der Waals surface area (Å²) in [5.74, 6) is -0.0531. The molecule has 0 bridgehead atoms. The average Bonchev–Trinajstić information content (AvgIpc) is 2.94. The van der Waals surface area contributed by atoms with Crippen LogP contribution in [-0.2, 0) is 4.79 Å². The second-order valence-electron chi connectivity index (χ2n) is 4.03. The zero-order valence-electron chi connectivity index (χ0n) is 10.6. The van der Waals surface area contributed by atoms with Gasteiger partial charge in [0, 0.05) is 11.9 Å². The number of carbonyl (C=O) groups excluding carboxylic acids is 2. The number of rotatable bonds is 6. The summed E-state index contributed by atoms with van der Waals surface area (Å²) in [7, 11) is 0. The molecule has 0 aliphatic rings. The van der Waals surface area contributed by atoms with Crippen molar-refractivity contribution >= 4 is 17.5 Å². The second kappa shape index (κ2) is 6.37. The molecule has 0 aliphatic carbocycles. The fourth-order valence-electron chi connectivity index (χ4n) is 1.48. The smallest absolute Gasteiger partial charge is 0.258 e. The van der Waals surface area contributed by atoms with Crippen LogP contribution in [0.15, 0.2) is 36.7 Å². The van der Waals surface area contributed by atoms with Crippen LogP contribution in [0.2, 0.25) is 0 Å². The van der Waals surface area contributed by atoms with E-state index in [-0.39, 0.29) is 18.9 Å². The number of nitrogens with one attached hydrogen (secondary N) is 2. The Labute approximate surface area is 115 Å². The van der Waals surface area contributed by atoms with Crippen LogP contribution in [0.25, 0.3) is 0 Å². The number of amides is 2. The Morgan fingerprint density at radius 1 is 1.30 bits per heavy atom. The van der Waals surface area contributed by atoms with E-state index in [1.165, 1.54) is 12.4 Å². The quantitative estimate of drug-likeness (QED) is 0.727. The first-order chi connectivity index (χ1) is 9.65. The molecule has 1 heterocycles. The summed E-state index contributed by atoms with van der Waals surface area (Å²) >= 11 is 0. The maximum Gasteiger partial charge on any atom is 0.258 e. The van der Waals surface area contributed by atoms with Gasteiger partial charge in [-0.3, -0.25) is 14.7 Å². The van der Waals surface area contributed by atoms with E-state index < -0.39 is 5.91 Å². The van der Waals surface area contributed by atoms with Gasteiger partial charge in [0.15, 0.2) is 0 Å². The molecule has 104 valence electrons. The molecule has 0 fully saturated rings. The number of aromatic amines is 1. The minimum atomic E-state index is -0.408. The molecule has 2 amide bonds. The Morgan fingerprint density at radius 2 is 2.05 bits per heavy atom. The molecule has 0 spiro atoms. The van der Waals surface area contributed by atoms with Gasteiger partial charge in [0.05, 0.1) is 24.8 Å². The summed E-state index contributed by atoms with van der Waals surface area (Å²) < 4.78 is 5.32. The number of carbonyl (C=O) groups is 2. The molecule has 20 heavy (non-hydrogen) atoms. The summed E-state index contributed by atoms with van der Waals surface area (Å²) in [4.78, 5) is 22.3. The van der Waals surface area contributed by atoms with Crippen LogP contribution in [0, 0.1) is 0 Å². The summed E-state index contributed by atoms with van der Waals surface area (Å²) in [5.41, 5.74) is 6.10. The Kier molecular flexibility index (Phi) is 4.33. The van der Waals surface area contributed by atoms with Crippen LogP contribution in [-0.4, -0.2) is 28.6 Å². The van der Waals surface area contributed by atoms with Crippen LogP contribution in [0.4, 0.5) is 5.69 Å². The number of anilines is 1. The molecule has 0 atom stereocenters. The van der Waals surface area contributed by atoms with Crippen LogP contribution in [0.5, 0.6) is 5.75 Å². The fraction of sp³-hybridized carbons (Fsp3) is 0.154. The lowest BCUT2D eigenvalue weighted by Gasteiger charge is -2.07. The number of nitrogens with two attached hydrogens (primary N) is 1. The van der Waals surface area contributed by atoms with Crippen molar-refractivity contribution in [1.82, 2.24) is 10.2 Å². The number of benzene rings is 1. The predicted molar refractivity (Wildman–Crippen MR) is 72.3 cm³/mol. The van der Waals surface area contributed by atoms with Crippen molar-refractivity contribution < 1.29 is 14.3 Å². The van der Waals surface area contributed by atoms with Gasteiger partial charge in [-0.1, -0.05) is 0 Å². The molecule has 0 saturated heterocycles. The van der Waals surface area contributed by atoms with Gasteiger partial charge < -0.3 is 15.8 Å². The van der Waals surface area contributed by atoms with Gasteiger partial charge in [-0.05, 0) is 24.3 Å². The maximum absolute atomic E-state index is 11.8. The van der Waals surface area contributed by atoms with Gasteiger partial charge in [0.1, 0.15) is 5.75 Å². The number of aromatic nitrogens is 2. The first kappa shape index (κ1) is 13.6. The van der Waals surface area contributed by atoms with Crippen molar-refractivity contribution in [3.05, 3.63) is 42.2 Å². The van der Waals surface area contributed by atoms with Crippen molar-refractivity contribution in [2.45, 2.75) is 6.42 Å². The highest BCUT2D eigenvalue weighted by molar-refractivity contribution is 6.03. The van der Waals surface area contributed by atoms with Gasteiger partial charge in [-0.15, -0.1) is 0 Å². The zero-order valence-corrected chi connectivity index (χ0v) is 10.6. The van der Waals surface area contributed by atoms with Crippen molar-refractivity contribution in [2.24, 2.45) is 5.73 Å². The van der Waals surface area contributed by atoms with E-state index >= 15 is 0 Å². The summed E-state index contributed by atoms with van der Waals surface area (Å²) in [6, 6.07) is 6.81. The van der Waals surface area contributed by atoms with Crippen molar-refractivity contribution in [3.8, 4) is 5.75 Å². The highest BCUT2D eigenvalue weighted by Crippen LogP contribution is 2.16.